The minimum atomic E-state index is 0.117. The Hall–Kier alpha value is -0.380. The Balaban J connectivity index is 2.16. The first-order valence-corrected chi connectivity index (χ1v) is 7.41. The third kappa shape index (κ3) is 7.14. The summed E-state index contributed by atoms with van der Waals surface area (Å²) in [6.07, 6.45) is 4.27. The number of benzene rings is 1. The van der Waals surface area contributed by atoms with Crippen LogP contribution in [0.4, 0.5) is 0 Å². The lowest BCUT2D eigenvalue weighted by molar-refractivity contribution is 0.542. The molecule has 1 aromatic rings. The second kappa shape index (κ2) is 8.68. The highest BCUT2D eigenvalue weighted by Gasteiger charge is 2.04. The predicted octanol–water partition coefficient (Wildman–Crippen LogP) is 3.16. The van der Waals surface area contributed by atoms with Crippen molar-refractivity contribution in [1.29, 1.82) is 0 Å². The molecule has 18 heavy (non-hydrogen) atoms. The standard InChI is InChI=1S/C15H24BrN2/c1-12(2)6-8-18-9-7-15(17)11-13-4-3-5-14(16)10-13/h3-5,7,10,12,15,18H,6,8-9,11,17H2,1-2H3/t15-/m0/s1. The van der Waals surface area contributed by atoms with Crippen LogP contribution in [0.3, 0.4) is 0 Å². The van der Waals surface area contributed by atoms with Gasteiger partial charge in [-0.1, -0.05) is 41.9 Å². The molecule has 101 valence electrons. The van der Waals surface area contributed by atoms with Crippen molar-refractivity contribution in [3.63, 3.8) is 0 Å². The van der Waals surface area contributed by atoms with Crippen LogP contribution in [-0.2, 0) is 6.42 Å². The van der Waals surface area contributed by atoms with E-state index >= 15 is 0 Å². The number of nitrogens with two attached hydrogens (primary N) is 1. The molecule has 0 amide bonds. The van der Waals surface area contributed by atoms with Crippen molar-refractivity contribution in [3.05, 3.63) is 40.7 Å². The van der Waals surface area contributed by atoms with Crippen LogP contribution in [0.1, 0.15) is 25.8 Å². The predicted molar refractivity (Wildman–Crippen MR) is 82.4 cm³/mol. The third-order valence-corrected chi connectivity index (χ3v) is 3.32. The summed E-state index contributed by atoms with van der Waals surface area (Å²) in [7, 11) is 0. The van der Waals surface area contributed by atoms with Gasteiger partial charge in [-0.15, -0.1) is 0 Å². The van der Waals surface area contributed by atoms with Crippen LogP contribution in [0, 0.1) is 12.3 Å². The monoisotopic (exact) mass is 311 g/mol. The minimum Gasteiger partial charge on any atom is -0.327 e. The summed E-state index contributed by atoms with van der Waals surface area (Å²) in [6, 6.07) is 8.44. The van der Waals surface area contributed by atoms with Crippen molar-refractivity contribution >= 4 is 15.9 Å². The molecule has 0 aliphatic carbocycles. The van der Waals surface area contributed by atoms with Gasteiger partial charge in [-0.3, -0.25) is 0 Å². The molecule has 0 aliphatic rings. The van der Waals surface area contributed by atoms with Gasteiger partial charge in [-0.25, -0.2) is 0 Å². The lowest BCUT2D eigenvalue weighted by atomic mass is 10.0. The molecule has 2 nitrogen and oxygen atoms in total. The lowest BCUT2D eigenvalue weighted by Gasteiger charge is -2.12. The Morgan fingerprint density at radius 3 is 2.83 bits per heavy atom. The summed E-state index contributed by atoms with van der Waals surface area (Å²) < 4.78 is 1.11. The maximum Gasteiger partial charge on any atom is 0.0178 e. The maximum absolute atomic E-state index is 6.09. The molecular weight excluding hydrogens is 288 g/mol. The minimum absolute atomic E-state index is 0.117. The van der Waals surface area contributed by atoms with E-state index in [1.807, 2.05) is 12.1 Å². The van der Waals surface area contributed by atoms with E-state index in [1.165, 1.54) is 12.0 Å². The topological polar surface area (TPSA) is 38.0 Å². The zero-order valence-corrected chi connectivity index (χ0v) is 12.9. The average Bonchev–Trinajstić information content (AvgIpc) is 2.28. The molecule has 0 fully saturated rings. The molecule has 1 atom stereocenters. The van der Waals surface area contributed by atoms with E-state index < -0.39 is 0 Å². The van der Waals surface area contributed by atoms with Gasteiger partial charge in [0.1, 0.15) is 0 Å². The molecule has 1 radical (unpaired) electrons. The molecule has 0 bridgehead atoms. The Labute approximate surface area is 119 Å². The molecule has 0 spiro atoms. The van der Waals surface area contributed by atoms with Crippen molar-refractivity contribution in [2.45, 2.75) is 32.7 Å². The van der Waals surface area contributed by atoms with Crippen LogP contribution in [0.5, 0.6) is 0 Å². The van der Waals surface area contributed by atoms with E-state index in [0.29, 0.717) is 0 Å². The van der Waals surface area contributed by atoms with Gasteiger partial charge in [-0.2, -0.15) is 0 Å². The third-order valence-electron chi connectivity index (χ3n) is 2.82. The molecular formula is C15H24BrN2. The highest BCUT2D eigenvalue weighted by molar-refractivity contribution is 9.10. The van der Waals surface area contributed by atoms with Crippen molar-refractivity contribution in [1.82, 2.24) is 5.32 Å². The molecule has 0 unspecified atom stereocenters. The summed E-state index contributed by atoms with van der Waals surface area (Å²) >= 11 is 3.48. The van der Waals surface area contributed by atoms with Gasteiger partial charge in [0.2, 0.25) is 0 Å². The molecule has 0 saturated heterocycles. The summed E-state index contributed by atoms with van der Waals surface area (Å²) in [5.74, 6) is 0.757. The Morgan fingerprint density at radius 1 is 1.39 bits per heavy atom. The molecule has 1 rings (SSSR count). The molecule has 3 heteroatoms. The molecule has 0 saturated carbocycles. The van der Waals surface area contributed by atoms with Crippen molar-refractivity contribution < 1.29 is 0 Å². The first-order valence-electron chi connectivity index (χ1n) is 6.62. The van der Waals surface area contributed by atoms with E-state index in [2.05, 4.69) is 53.6 Å². The van der Waals surface area contributed by atoms with Crippen molar-refractivity contribution in [2.24, 2.45) is 11.7 Å². The van der Waals surface area contributed by atoms with E-state index in [-0.39, 0.29) is 6.04 Å². The SMILES string of the molecule is CC(C)CCNC[CH][C@H](N)Cc1cccc(Br)c1. The van der Waals surface area contributed by atoms with Crippen LogP contribution in [0.2, 0.25) is 0 Å². The van der Waals surface area contributed by atoms with E-state index in [0.717, 1.165) is 29.9 Å². The van der Waals surface area contributed by atoms with Crippen LogP contribution < -0.4 is 11.1 Å². The largest absolute Gasteiger partial charge is 0.327 e. The zero-order valence-electron chi connectivity index (χ0n) is 11.3. The number of nitrogens with one attached hydrogen (secondary N) is 1. The van der Waals surface area contributed by atoms with Crippen LogP contribution >= 0.6 is 15.9 Å². The fourth-order valence-electron chi connectivity index (χ4n) is 1.75. The first kappa shape index (κ1) is 15.7. The second-order valence-electron chi connectivity index (χ2n) is 5.12. The molecule has 3 N–H and O–H groups in total. The smallest absolute Gasteiger partial charge is 0.0178 e. The van der Waals surface area contributed by atoms with Gasteiger partial charge in [-0.05, 0) is 56.0 Å². The fraction of sp³-hybridized carbons (Fsp3) is 0.533. The van der Waals surface area contributed by atoms with Crippen LogP contribution in [-0.4, -0.2) is 19.1 Å². The van der Waals surface area contributed by atoms with E-state index in [9.17, 15) is 0 Å². The Bertz CT molecular complexity index is 339. The zero-order chi connectivity index (χ0) is 13.4. The van der Waals surface area contributed by atoms with Gasteiger partial charge in [0, 0.05) is 10.5 Å². The van der Waals surface area contributed by atoms with Gasteiger partial charge in [0.05, 0.1) is 0 Å². The Kier molecular flexibility index (Phi) is 7.56. The highest BCUT2D eigenvalue weighted by atomic mass is 79.9. The van der Waals surface area contributed by atoms with Crippen molar-refractivity contribution in [2.75, 3.05) is 13.1 Å². The fourth-order valence-corrected chi connectivity index (χ4v) is 2.19. The normalized spacial score (nSPS) is 12.9. The molecule has 1 aromatic carbocycles. The summed E-state index contributed by atoms with van der Waals surface area (Å²) in [5.41, 5.74) is 7.36. The number of halogens is 1. The van der Waals surface area contributed by atoms with E-state index in [1.54, 1.807) is 0 Å². The highest BCUT2D eigenvalue weighted by Crippen LogP contribution is 2.13. The summed E-state index contributed by atoms with van der Waals surface area (Å²) in [6.45, 7) is 6.44. The van der Waals surface area contributed by atoms with E-state index in [4.69, 9.17) is 5.73 Å². The number of hydrogen-bond acceptors (Lipinski definition) is 2. The number of hydrogen-bond donors (Lipinski definition) is 2. The van der Waals surface area contributed by atoms with Crippen LogP contribution in [0.15, 0.2) is 28.7 Å². The Morgan fingerprint density at radius 2 is 2.17 bits per heavy atom. The number of rotatable bonds is 8. The molecule has 0 aliphatic heterocycles. The summed E-state index contributed by atoms with van der Waals surface area (Å²) in [4.78, 5) is 0. The average molecular weight is 312 g/mol. The summed E-state index contributed by atoms with van der Waals surface area (Å²) in [5, 5.41) is 3.40. The quantitative estimate of drug-likeness (QED) is 0.724. The van der Waals surface area contributed by atoms with Gasteiger partial charge >= 0.3 is 0 Å². The maximum atomic E-state index is 6.09. The molecule has 0 aromatic heterocycles. The molecule has 0 heterocycles. The van der Waals surface area contributed by atoms with Gasteiger partial charge in [0.25, 0.3) is 0 Å². The lowest BCUT2D eigenvalue weighted by Crippen LogP contribution is -2.30. The van der Waals surface area contributed by atoms with Gasteiger partial charge < -0.3 is 11.1 Å². The first-order chi connectivity index (χ1) is 8.58. The second-order valence-corrected chi connectivity index (χ2v) is 6.04. The van der Waals surface area contributed by atoms with Crippen molar-refractivity contribution in [3.8, 4) is 0 Å². The van der Waals surface area contributed by atoms with Gasteiger partial charge in [0.15, 0.2) is 0 Å². The van der Waals surface area contributed by atoms with Crippen LogP contribution in [0.25, 0.3) is 0 Å².